The van der Waals surface area contributed by atoms with E-state index in [0.717, 1.165) is 35.0 Å². The van der Waals surface area contributed by atoms with E-state index in [-0.39, 0.29) is 11.1 Å². The van der Waals surface area contributed by atoms with Crippen LogP contribution in [0, 0.1) is 0 Å². The molecule has 3 rings (SSSR count). The van der Waals surface area contributed by atoms with Crippen LogP contribution in [0.15, 0.2) is 27.5 Å². The number of rotatable bonds is 1. The van der Waals surface area contributed by atoms with Crippen LogP contribution in [-0.4, -0.2) is 23.2 Å². The van der Waals surface area contributed by atoms with Crippen molar-refractivity contribution in [3.8, 4) is 0 Å². The molecule has 0 radical (unpaired) electrons. The van der Waals surface area contributed by atoms with Crippen molar-refractivity contribution in [3.63, 3.8) is 0 Å². The monoisotopic (exact) mass is 305 g/mol. The molecule has 0 bridgehead atoms. The molecule has 2 aliphatic heterocycles. The van der Waals surface area contributed by atoms with Crippen LogP contribution in [0.4, 0.5) is 18.9 Å². The fraction of sp³-hybridized carbons (Fsp3) is 0.417. The molecule has 19 heavy (non-hydrogen) atoms. The minimum absolute atomic E-state index is 0.0302. The Kier molecular flexibility index (Phi) is 3.21. The Morgan fingerprint density at radius 1 is 1.42 bits per heavy atom. The van der Waals surface area contributed by atoms with Crippen molar-refractivity contribution in [1.29, 1.82) is 0 Å². The number of thioether (sulfide) groups is 1. The molecule has 2 nitrogen and oxygen atoms in total. The number of amidine groups is 1. The molecule has 0 fully saturated rings. The quantitative estimate of drug-likeness (QED) is 0.738. The van der Waals surface area contributed by atoms with Gasteiger partial charge in [0.15, 0.2) is 5.75 Å². The summed E-state index contributed by atoms with van der Waals surface area (Å²) in [4.78, 5) is 2.69. The highest BCUT2D eigenvalue weighted by atomic mass is 32.2. The number of halogens is 3. The molecule has 0 aromatic heterocycles. The Bertz CT molecular complexity index is 542. The summed E-state index contributed by atoms with van der Waals surface area (Å²) in [7, 11) is 0. The smallest absolute Gasteiger partial charge is 0.311 e. The first-order valence-corrected chi connectivity index (χ1v) is 8.25. The average molecular weight is 305 g/mol. The van der Waals surface area contributed by atoms with E-state index in [2.05, 4.69) is 11.3 Å². The van der Waals surface area contributed by atoms with E-state index in [9.17, 15) is 13.2 Å². The predicted molar refractivity (Wildman–Crippen MR) is 74.9 cm³/mol. The van der Waals surface area contributed by atoms with Crippen LogP contribution in [0.2, 0.25) is 0 Å². The lowest BCUT2D eigenvalue weighted by molar-refractivity contribution is -0.137. The van der Waals surface area contributed by atoms with E-state index >= 15 is 0 Å². The third kappa shape index (κ3) is 2.33. The van der Waals surface area contributed by atoms with Gasteiger partial charge in [-0.25, -0.2) is 0 Å². The molecule has 2 aliphatic rings. The summed E-state index contributed by atoms with van der Waals surface area (Å²) in [5.74, 6) is 1.99. The van der Waals surface area contributed by atoms with Crippen LogP contribution in [0.3, 0.4) is 0 Å². The van der Waals surface area contributed by atoms with Crippen molar-refractivity contribution in [2.75, 3.05) is 23.0 Å². The van der Waals surface area contributed by atoms with E-state index < -0.39 is 11.7 Å². The first-order chi connectivity index (χ1) is 8.99. The van der Waals surface area contributed by atoms with Gasteiger partial charge in [-0.2, -0.15) is 13.2 Å². The molecular formula is C12H12F3N2S2+. The summed E-state index contributed by atoms with van der Waals surface area (Å²) in [6.45, 7) is 2.94. The molecule has 0 amide bonds. The summed E-state index contributed by atoms with van der Waals surface area (Å²) in [6, 6.07) is 3.94. The normalized spacial score (nSPS) is 22.0. The van der Waals surface area contributed by atoms with Gasteiger partial charge in [0, 0.05) is 4.90 Å². The van der Waals surface area contributed by atoms with Crippen molar-refractivity contribution >= 4 is 33.7 Å². The zero-order chi connectivity index (χ0) is 13.6. The van der Waals surface area contributed by atoms with Crippen LogP contribution in [0.1, 0.15) is 12.5 Å². The summed E-state index contributed by atoms with van der Waals surface area (Å²) < 4.78 is 42.7. The molecule has 1 aromatic rings. The lowest BCUT2D eigenvalue weighted by Crippen LogP contribution is -2.36. The highest BCUT2D eigenvalue weighted by Crippen LogP contribution is 2.44. The SMILES string of the molecule is CC[S+]1CCN2C(=N1)Sc1cc(C(F)(F)F)ccc12. The molecule has 0 spiro atoms. The second-order valence-electron chi connectivity index (χ2n) is 4.26. The van der Waals surface area contributed by atoms with Gasteiger partial charge in [0.25, 0.3) is 0 Å². The summed E-state index contributed by atoms with van der Waals surface area (Å²) in [6.07, 6.45) is -4.28. The minimum atomic E-state index is -4.28. The molecule has 1 aromatic carbocycles. The largest absolute Gasteiger partial charge is 0.416 e. The predicted octanol–water partition coefficient (Wildman–Crippen LogP) is 3.54. The molecule has 1 atom stereocenters. The topological polar surface area (TPSA) is 15.6 Å². The minimum Gasteiger partial charge on any atom is -0.311 e. The third-order valence-corrected chi connectivity index (χ3v) is 6.01. The standard InChI is InChI=1S/C12H12F3N2S2/c1-2-19-6-5-17-9-4-3-8(12(13,14)15)7-10(9)18-11(17)16-19/h3-4,7H,2,5-6H2,1H3/q+1. The van der Waals surface area contributed by atoms with E-state index in [1.807, 2.05) is 4.90 Å². The zero-order valence-corrected chi connectivity index (χ0v) is 11.8. The fourth-order valence-electron chi connectivity index (χ4n) is 2.10. The number of hydrogen-bond donors (Lipinski definition) is 0. The number of fused-ring (bicyclic) bond motifs is 3. The summed E-state index contributed by atoms with van der Waals surface area (Å²) >= 11 is 1.38. The lowest BCUT2D eigenvalue weighted by atomic mass is 10.2. The van der Waals surface area contributed by atoms with Crippen molar-refractivity contribution in [2.45, 2.75) is 18.0 Å². The maximum Gasteiger partial charge on any atom is 0.416 e. The molecule has 0 aliphatic carbocycles. The molecule has 102 valence electrons. The summed E-state index contributed by atoms with van der Waals surface area (Å²) in [5, 5.41) is 0.853. The fourth-order valence-corrected chi connectivity index (χ4v) is 4.75. The van der Waals surface area contributed by atoms with Gasteiger partial charge in [-0.15, -0.1) is 0 Å². The zero-order valence-electron chi connectivity index (χ0n) is 10.2. The Balaban J connectivity index is 1.96. The van der Waals surface area contributed by atoms with Crippen LogP contribution < -0.4 is 4.90 Å². The highest BCUT2D eigenvalue weighted by molar-refractivity contribution is 8.15. The van der Waals surface area contributed by atoms with Gasteiger partial charge in [-0.1, -0.05) is 0 Å². The molecule has 0 N–H and O–H groups in total. The number of anilines is 1. The van der Waals surface area contributed by atoms with Gasteiger partial charge in [0.05, 0.1) is 17.8 Å². The number of hydrogen-bond acceptors (Lipinski definition) is 3. The molecule has 0 saturated heterocycles. The van der Waals surface area contributed by atoms with E-state index in [1.54, 1.807) is 6.07 Å². The van der Waals surface area contributed by atoms with Gasteiger partial charge in [-0.05, 0) is 41.3 Å². The molecule has 2 heterocycles. The van der Waals surface area contributed by atoms with Crippen LogP contribution in [0.25, 0.3) is 0 Å². The van der Waals surface area contributed by atoms with Crippen LogP contribution in [0.5, 0.6) is 0 Å². The molecule has 0 saturated carbocycles. The maximum atomic E-state index is 12.7. The van der Waals surface area contributed by atoms with Crippen molar-refractivity contribution in [3.05, 3.63) is 23.8 Å². The van der Waals surface area contributed by atoms with Crippen LogP contribution >= 0.6 is 11.8 Å². The van der Waals surface area contributed by atoms with E-state index in [0.29, 0.717) is 4.90 Å². The Labute approximate surface area is 116 Å². The Hall–Kier alpha value is -0.820. The van der Waals surface area contributed by atoms with Crippen molar-refractivity contribution < 1.29 is 13.2 Å². The molecule has 7 heteroatoms. The second-order valence-corrected chi connectivity index (χ2v) is 7.36. The maximum absolute atomic E-state index is 12.7. The van der Waals surface area contributed by atoms with Crippen molar-refractivity contribution in [1.82, 2.24) is 0 Å². The molecular weight excluding hydrogens is 293 g/mol. The van der Waals surface area contributed by atoms with Gasteiger partial charge >= 0.3 is 6.18 Å². The average Bonchev–Trinajstić information content (AvgIpc) is 2.73. The highest BCUT2D eigenvalue weighted by Gasteiger charge is 2.38. The van der Waals surface area contributed by atoms with E-state index in [4.69, 9.17) is 0 Å². The third-order valence-electron chi connectivity index (χ3n) is 3.10. The van der Waals surface area contributed by atoms with Gasteiger partial charge in [-0.3, -0.25) is 0 Å². The number of benzene rings is 1. The Morgan fingerprint density at radius 2 is 2.21 bits per heavy atom. The van der Waals surface area contributed by atoms with Crippen molar-refractivity contribution in [2.24, 2.45) is 4.40 Å². The van der Waals surface area contributed by atoms with Gasteiger partial charge in [0.1, 0.15) is 16.8 Å². The van der Waals surface area contributed by atoms with E-state index in [1.165, 1.54) is 17.8 Å². The lowest BCUT2D eigenvalue weighted by Gasteiger charge is -2.21. The first-order valence-electron chi connectivity index (χ1n) is 5.92. The first kappa shape index (κ1) is 13.2. The number of nitrogens with zero attached hydrogens (tertiary/aromatic N) is 2. The molecule has 1 unspecified atom stereocenters. The van der Waals surface area contributed by atoms with Gasteiger partial charge in [0.2, 0.25) is 5.17 Å². The number of alkyl halides is 3. The summed E-state index contributed by atoms with van der Waals surface area (Å²) in [5.41, 5.74) is 0.268. The Morgan fingerprint density at radius 3 is 2.89 bits per heavy atom. The van der Waals surface area contributed by atoms with Crippen LogP contribution in [-0.2, 0) is 17.3 Å². The van der Waals surface area contributed by atoms with Gasteiger partial charge < -0.3 is 4.90 Å². The second kappa shape index (κ2) is 4.63.